The molecule has 0 aliphatic carbocycles. The molecule has 0 aliphatic heterocycles. The van der Waals surface area contributed by atoms with Gasteiger partial charge < -0.3 is 10.1 Å². The lowest BCUT2D eigenvalue weighted by molar-refractivity contribution is 0.326. The Hall–Kier alpha value is -1.32. The maximum absolute atomic E-state index is 5.34. The van der Waals surface area contributed by atoms with Gasteiger partial charge in [0.1, 0.15) is 0 Å². The Morgan fingerprint density at radius 1 is 1.40 bits per heavy atom. The molecular weight excluding hydrogens is 190 g/mol. The van der Waals surface area contributed by atoms with E-state index >= 15 is 0 Å². The fourth-order valence-corrected chi connectivity index (χ4v) is 1.14. The fourth-order valence-electron chi connectivity index (χ4n) is 1.14. The highest BCUT2D eigenvalue weighted by Crippen LogP contribution is 2.12. The second-order valence-corrected chi connectivity index (χ2v) is 3.88. The molecule has 0 aliphatic rings. The maximum Gasteiger partial charge on any atom is 0.226 e. The first-order valence-electron chi connectivity index (χ1n) is 5.34. The summed E-state index contributed by atoms with van der Waals surface area (Å²) in [6.07, 6.45) is 0. The first-order valence-corrected chi connectivity index (χ1v) is 5.34. The number of ether oxygens (including phenoxy) is 1. The molecule has 0 atom stereocenters. The molecule has 0 saturated heterocycles. The van der Waals surface area contributed by atoms with Gasteiger partial charge in [0, 0.05) is 18.3 Å². The molecule has 4 heteroatoms. The molecule has 1 aromatic rings. The molecule has 0 fully saturated rings. The van der Waals surface area contributed by atoms with Crippen LogP contribution in [-0.2, 0) is 0 Å². The highest BCUT2D eigenvalue weighted by Gasteiger charge is 2.02. The van der Waals surface area contributed by atoms with Crippen molar-refractivity contribution in [2.75, 3.05) is 18.5 Å². The normalized spacial score (nSPS) is 10.5. The van der Waals surface area contributed by atoms with E-state index in [1.54, 1.807) is 0 Å². The van der Waals surface area contributed by atoms with Crippen molar-refractivity contribution in [2.45, 2.75) is 27.7 Å². The molecule has 0 radical (unpaired) electrons. The van der Waals surface area contributed by atoms with Gasteiger partial charge in [0.2, 0.25) is 11.8 Å². The molecule has 1 N–H and O–H groups in total. The van der Waals surface area contributed by atoms with Gasteiger partial charge in [-0.3, -0.25) is 0 Å². The molecule has 0 amide bonds. The molecule has 15 heavy (non-hydrogen) atoms. The number of aryl methyl sites for hydroxylation is 1. The standard InChI is InChI=1S/C11H19N3O/c1-5-15-10-6-9(4)13-11(14-10)12-7-8(2)3/h6,8H,5,7H2,1-4H3,(H,12,13,14). The summed E-state index contributed by atoms with van der Waals surface area (Å²) in [4.78, 5) is 8.54. The van der Waals surface area contributed by atoms with Crippen molar-refractivity contribution in [3.8, 4) is 5.88 Å². The topological polar surface area (TPSA) is 47.0 Å². The Bertz CT molecular complexity index is 313. The zero-order valence-corrected chi connectivity index (χ0v) is 9.87. The lowest BCUT2D eigenvalue weighted by Gasteiger charge is -2.09. The van der Waals surface area contributed by atoms with Crippen LogP contribution in [0.5, 0.6) is 5.88 Å². The number of nitrogens with zero attached hydrogens (tertiary/aromatic N) is 2. The Labute approximate surface area is 91.1 Å². The summed E-state index contributed by atoms with van der Waals surface area (Å²) in [6, 6.07) is 1.84. The van der Waals surface area contributed by atoms with Crippen molar-refractivity contribution >= 4 is 5.95 Å². The Balaban J connectivity index is 2.70. The van der Waals surface area contributed by atoms with E-state index in [4.69, 9.17) is 4.74 Å². The molecule has 1 heterocycles. The van der Waals surface area contributed by atoms with Crippen LogP contribution in [0.4, 0.5) is 5.95 Å². The minimum absolute atomic E-state index is 0.574. The predicted octanol–water partition coefficient (Wildman–Crippen LogP) is 2.25. The average Bonchev–Trinajstić information content (AvgIpc) is 2.14. The highest BCUT2D eigenvalue weighted by molar-refractivity contribution is 5.30. The van der Waals surface area contributed by atoms with E-state index in [0.29, 0.717) is 24.4 Å². The molecule has 0 saturated carbocycles. The van der Waals surface area contributed by atoms with Crippen molar-refractivity contribution in [1.82, 2.24) is 9.97 Å². The number of rotatable bonds is 5. The number of anilines is 1. The van der Waals surface area contributed by atoms with Gasteiger partial charge in [-0.1, -0.05) is 13.8 Å². The summed E-state index contributed by atoms with van der Waals surface area (Å²) in [5.74, 6) is 1.85. The largest absolute Gasteiger partial charge is 0.478 e. The van der Waals surface area contributed by atoms with Crippen molar-refractivity contribution in [1.29, 1.82) is 0 Å². The van der Waals surface area contributed by atoms with E-state index < -0.39 is 0 Å². The van der Waals surface area contributed by atoms with Crippen molar-refractivity contribution in [3.63, 3.8) is 0 Å². The highest BCUT2D eigenvalue weighted by atomic mass is 16.5. The van der Waals surface area contributed by atoms with Crippen LogP contribution in [-0.4, -0.2) is 23.1 Å². The monoisotopic (exact) mass is 209 g/mol. The Kier molecular flexibility index (Phi) is 4.34. The van der Waals surface area contributed by atoms with Gasteiger partial charge in [0.15, 0.2) is 0 Å². The summed E-state index contributed by atoms with van der Waals surface area (Å²) >= 11 is 0. The lowest BCUT2D eigenvalue weighted by Crippen LogP contribution is -2.11. The van der Waals surface area contributed by atoms with Gasteiger partial charge in [0.05, 0.1) is 6.61 Å². The van der Waals surface area contributed by atoms with Crippen LogP contribution >= 0.6 is 0 Å². The van der Waals surface area contributed by atoms with Crippen LogP contribution in [0.1, 0.15) is 26.5 Å². The summed E-state index contributed by atoms with van der Waals surface area (Å²) in [6.45, 7) is 9.66. The molecule has 0 bridgehead atoms. The predicted molar refractivity (Wildman–Crippen MR) is 61.3 cm³/mol. The molecule has 1 rings (SSSR count). The summed E-state index contributed by atoms with van der Waals surface area (Å²) in [5, 5.41) is 3.18. The van der Waals surface area contributed by atoms with Gasteiger partial charge in [-0.2, -0.15) is 4.98 Å². The van der Waals surface area contributed by atoms with Gasteiger partial charge in [0.25, 0.3) is 0 Å². The third-order valence-electron chi connectivity index (χ3n) is 1.79. The van der Waals surface area contributed by atoms with Crippen molar-refractivity contribution in [2.24, 2.45) is 5.92 Å². The molecular formula is C11H19N3O. The SMILES string of the molecule is CCOc1cc(C)nc(NCC(C)C)n1. The Morgan fingerprint density at radius 3 is 2.73 bits per heavy atom. The van der Waals surface area contributed by atoms with Gasteiger partial charge in [-0.25, -0.2) is 4.98 Å². The van der Waals surface area contributed by atoms with Crippen LogP contribution in [0.25, 0.3) is 0 Å². The molecule has 84 valence electrons. The molecule has 1 aromatic heterocycles. The minimum Gasteiger partial charge on any atom is -0.478 e. The molecule has 0 spiro atoms. The minimum atomic E-state index is 0.574. The van der Waals surface area contributed by atoms with E-state index in [9.17, 15) is 0 Å². The number of nitrogens with one attached hydrogen (secondary N) is 1. The van der Waals surface area contributed by atoms with Crippen molar-refractivity contribution in [3.05, 3.63) is 11.8 Å². The zero-order chi connectivity index (χ0) is 11.3. The first kappa shape index (κ1) is 11.8. The second-order valence-electron chi connectivity index (χ2n) is 3.88. The molecule has 0 unspecified atom stereocenters. The van der Waals surface area contributed by atoms with Crippen molar-refractivity contribution < 1.29 is 4.74 Å². The van der Waals surface area contributed by atoms with Crippen LogP contribution in [0.3, 0.4) is 0 Å². The van der Waals surface area contributed by atoms with Crippen LogP contribution in [0, 0.1) is 12.8 Å². The maximum atomic E-state index is 5.34. The summed E-state index contributed by atoms with van der Waals surface area (Å²) in [7, 11) is 0. The number of hydrogen-bond donors (Lipinski definition) is 1. The van der Waals surface area contributed by atoms with Crippen LogP contribution < -0.4 is 10.1 Å². The van der Waals surface area contributed by atoms with E-state index in [0.717, 1.165) is 12.2 Å². The quantitative estimate of drug-likeness (QED) is 0.808. The Morgan fingerprint density at radius 2 is 2.13 bits per heavy atom. The first-order chi connectivity index (χ1) is 7.11. The molecule has 4 nitrogen and oxygen atoms in total. The average molecular weight is 209 g/mol. The van der Waals surface area contributed by atoms with Gasteiger partial charge in [-0.05, 0) is 19.8 Å². The lowest BCUT2D eigenvalue weighted by atomic mass is 10.2. The number of hydrogen-bond acceptors (Lipinski definition) is 4. The summed E-state index contributed by atoms with van der Waals surface area (Å²) in [5.41, 5.74) is 0.916. The van der Waals surface area contributed by atoms with E-state index in [-0.39, 0.29) is 0 Å². The van der Waals surface area contributed by atoms with Gasteiger partial charge >= 0.3 is 0 Å². The summed E-state index contributed by atoms with van der Waals surface area (Å²) < 4.78 is 5.34. The van der Waals surface area contributed by atoms with Gasteiger partial charge in [-0.15, -0.1) is 0 Å². The second kappa shape index (κ2) is 5.53. The molecule has 0 aromatic carbocycles. The smallest absolute Gasteiger partial charge is 0.226 e. The third kappa shape index (κ3) is 4.14. The fraction of sp³-hybridized carbons (Fsp3) is 0.636. The van der Waals surface area contributed by atoms with Crippen LogP contribution in [0.2, 0.25) is 0 Å². The van der Waals surface area contributed by atoms with E-state index in [1.807, 2.05) is 19.9 Å². The third-order valence-corrected chi connectivity index (χ3v) is 1.79. The van der Waals surface area contributed by atoms with E-state index in [1.165, 1.54) is 0 Å². The van der Waals surface area contributed by atoms with E-state index in [2.05, 4.69) is 29.1 Å². The van der Waals surface area contributed by atoms with Crippen LogP contribution in [0.15, 0.2) is 6.07 Å². The number of aromatic nitrogens is 2. The zero-order valence-electron chi connectivity index (χ0n) is 9.87.